The van der Waals surface area contributed by atoms with Crippen LogP contribution in [0.25, 0.3) is 5.52 Å². The number of aromatic nitrogens is 2. The van der Waals surface area contributed by atoms with E-state index in [0.717, 1.165) is 6.26 Å². The first-order chi connectivity index (χ1) is 12.9. The maximum atomic E-state index is 12.4. The Hall–Kier alpha value is -3.20. The SMILES string of the molecule is CS(=O)(=O)c1nc(C(=O)NCCNC(=O)c2ccccc2)c2ccccn12. The van der Waals surface area contributed by atoms with E-state index < -0.39 is 15.7 Å². The van der Waals surface area contributed by atoms with Crippen molar-refractivity contribution in [3.05, 3.63) is 66.0 Å². The molecular formula is C18H18N4O4S. The van der Waals surface area contributed by atoms with E-state index >= 15 is 0 Å². The van der Waals surface area contributed by atoms with Gasteiger partial charge in [-0.3, -0.25) is 14.0 Å². The Bertz CT molecular complexity index is 1090. The Morgan fingerprint density at radius 2 is 1.59 bits per heavy atom. The molecular weight excluding hydrogens is 368 g/mol. The molecule has 0 aliphatic rings. The van der Waals surface area contributed by atoms with Crippen LogP contribution < -0.4 is 10.6 Å². The third-order valence-corrected chi connectivity index (χ3v) is 4.75. The fourth-order valence-electron chi connectivity index (χ4n) is 2.57. The van der Waals surface area contributed by atoms with E-state index in [1.54, 1.807) is 42.5 Å². The molecule has 3 aromatic rings. The second kappa shape index (κ2) is 7.58. The highest BCUT2D eigenvalue weighted by Gasteiger charge is 2.22. The summed E-state index contributed by atoms with van der Waals surface area (Å²) in [6, 6.07) is 13.7. The van der Waals surface area contributed by atoms with E-state index in [1.807, 2.05) is 6.07 Å². The van der Waals surface area contributed by atoms with Gasteiger partial charge in [0.2, 0.25) is 15.0 Å². The van der Waals surface area contributed by atoms with Gasteiger partial charge in [-0.15, -0.1) is 0 Å². The van der Waals surface area contributed by atoms with E-state index in [-0.39, 0.29) is 29.8 Å². The Balaban J connectivity index is 1.66. The lowest BCUT2D eigenvalue weighted by atomic mass is 10.2. The average molecular weight is 386 g/mol. The summed E-state index contributed by atoms with van der Waals surface area (Å²) in [6.45, 7) is 0.404. The molecule has 0 bridgehead atoms. The van der Waals surface area contributed by atoms with Gasteiger partial charge in [0.25, 0.3) is 11.8 Å². The van der Waals surface area contributed by atoms with Crippen molar-refractivity contribution in [2.75, 3.05) is 19.3 Å². The zero-order valence-corrected chi connectivity index (χ0v) is 15.4. The van der Waals surface area contributed by atoms with Crippen LogP contribution in [0.3, 0.4) is 0 Å². The van der Waals surface area contributed by atoms with Crippen molar-refractivity contribution in [2.45, 2.75) is 5.16 Å². The van der Waals surface area contributed by atoms with Crippen LogP contribution in [0, 0.1) is 0 Å². The third-order valence-electron chi connectivity index (χ3n) is 3.79. The molecule has 3 rings (SSSR count). The van der Waals surface area contributed by atoms with Crippen molar-refractivity contribution >= 4 is 27.2 Å². The number of hydrogen-bond donors (Lipinski definition) is 2. The van der Waals surface area contributed by atoms with Gasteiger partial charge >= 0.3 is 0 Å². The Morgan fingerprint density at radius 1 is 0.963 bits per heavy atom. The lowest BCUT2D eigenvalue weighted by molar-refractivity contribution is 0.0926. The predicted molar refractivity (Wildman–Crippen MR) is 99.4 cm³/mol. The molecule has 0 fully saturated rings. The molecule has 0 aliphatic heterocycles. The summed E-state index contributed by atoms with van der Waals surface area (Å²) in [5.74, 6) is -0.751. The number of carbonyl (C=O) groups excluding carboxylic acids is 2. The Labute approximate surface area is 156 Å². The summed E-state index contributed by atoms with van der Waals surface area (Å²) in [6.07, 6.45) is 2.57. The molecule has 0 atom stereocenters. The summed E-state index contributed by atoms with van der Waals surface area (Å²) in [5, 5.41) is 5.14. The molecule has 27 heavy (non-hydrogen) atoms. The van der Waals surface area contributed by atoms with Crippen LogP contribution in [0.2, 0.25) is 0 Å². The molecule has 2 amide bonds. The van der Waals surface area contributed by atoms with Crippen LogP contribution in [0.15, 0.2) is 59.9 Å². The molecule has 0 spiro atoms. The number of nitrogens with zero attached hydrogens (tertiary/aromatic N) is 2. The number of carbonyl (C=O) groups is 2. The second-order valence-corrected chi connectivity index (χ2v) is 7.76. The first-order valence-corrected chi connectivity index (χ1v) is 10.1. The number of benzene rings is 1. The van der Waals surface area contributed by atoms with Crippen LogP contribution in [0.4, 0.5) is 0 Å². The predicted octanol–water partition coefficient (Wildman–Crippen LogP) is 0.898. The maximum absolute atomic E-state index is 12.4. The molecule has 0 aliphatic carbocycles. The number of amides is 2. The average Bonchev–Trinajstić information content (AvgIpc) is 3.06. The minimum absolute atomic E-state index is 0.0189. The highest BCUT2D eigenvalue weighted by Crippen LogP contribution is 2.16. The van der Waals surface area contributed by atoms with E-state index in [9.17, 15) is 18.0 Å². The fourth-order valence-corrected chi connectivity index (χ4v) is 3.34. The minimum Gasteiger partial charge on any atom is -0.350 e. The molecule has 0 unspecified atom stereocenters. The van der Waals surface area contributed by atoms with E-state index in [4.69, 9.17) is 0 Å². The summed E-state index contributed by atoms with van der Waals surface area (Å²) >= 11 is 0. The second-order valence-electron chi connectivity index (χ2n) is 5.85. The number of sulfone groups is 1. The Morgan fingerprint density at radius 3 is 2.26 bits per heavy atom. The topological polar surface area (TPSA) is 110 Å². The molecule has 2 aromatic heterocycles. The normalized spacial score (nSPS) is 11.3. The number of fused-ring (bicyclic) bond motifs is 1. The zero-order chi connectivity index (χ0) is 19.4. The van der Waals surface area contributed by atoms with Gasteiger partial charge in [-0.05, 0) is 24.3 Å². The van der Waals surface area contributed by atoms with Crippen molar-refractivity contribution in [1.82, 2.24) is 20.0 Å². The molecule has 0 radical (unpaired) electrons. The van der Waals surface area contributed by atoms with Crippen molar-refractivity contribution in [3.63, 3.8) is 0 Å². The number of nitrogens with one attached hydrogen (secondary N) is 2. The Kier molecular flexibility index (Phi) is 5.22. The highest BCUT2D eigenvalue weighted by molar-refractivity contribution is 7.90. The van der Waals surface area contributed by atoms with E-state index in [2.05, 4.69) is 15.6 Å². The lowest BCUT2D eigenvalue weighted by Gasteiger charge is -2.06. The van der Waals surface area contributed by atoms with Crippen molar-refractivity contribution in [3.8, 4) is 0 Å². The van der Waals surface area contributed by atoms with E-state index in [0.29, 0.717) is 11.1 Å². The molecule has 8 nitrogen and oxygen atoms in total. The third kappa shape index (κ3) is 4.14. The maximum Gasteiger partial charge on any atom is 0.272 e. The summed E-state index contributed by atoms with van der Waals surface area (Å²) < 4.78 is 25.1. The van der Waals surface area contributed by atoms with Gasteiger partial charge in [-0.25, -0.2) is 13.4 Å². The van der Waals surface area contributed by atoms with Gasteiger partial charge in [-0.1, -0.05) is 24.3 Å². The van der Waals surface area contributed by atoms with Gasteiger partial charge in [-0.2, -0.15) is 0 Å². The smallest absolute Gasteiger partial charge is 0.272 e. The molecule has 140 valence electrons. The molecule has 2 heterocycles. The number of imidazole rings is 1. The lowest BCUT2D eigenvalue weighted by Crippen LogP contribution is -2.34. The van der Waals surface area contributed by atoms with Gasteiger partial charge in [0.15, 0.2) is 5.69 Å². The highest BCUT2D eigenvalue weighted by atomic mass is 32.2. The van der Waals surface area contributed by atoms with Gasteiger partial charge in [0, 0.05) is 31.1 Å². The molecule has 2 N–H and O–H groups in total. The monoisotopic (exact) mass is 386 g/mol. The molecule has 0 saturated heterocycles. The van der Waals surface area contributed by atoms with Crippen LogP contribution in [-0.2, 0) is 9.84 Å². The van der Waals surface area contributed by atoms with Crippen LogP contribution >= 0.6 is 0 Å². The number of hydrogen-bond acceptors (Lipinski definition) is 5. The van der Waals surface area contributed by atoms with Crippen molar-refractivity contribution in [1.29, 1.82) is 0 Å². The number of pyridine rings is 1. The summed E-state index contributed by atoms with van der Waals surface area (Å²) in [5.41, 5.74) is 0.941. The van der Waals surface area contributed by atoms with E-state index in [1.165, 1.54) is 10.6 Å². The summed E-state index contributed by atoms with van der Waals surface area (Å²) in [7, 11) is -3.59. The van der Waals surface area contributed by atoms with Crippen LogP contribution in [0.5, 0.6) is 0 Å². The van der Waals surface area contributed by atoms with Gasteiger partial charge in [0.1, 0.15) is 0 Å². The van der Waals surface area contributed by atoms with Crippen molar-refractivity contribution < 1.29 is 18.0 Å². The first kappa shape index (κ1) is 18.6. The quantitative estimate of drug-likeness (QED) is 0.612. The largest absolute Gasteiger partial charge is 0.350 e. The zero-order valence-electron chi connectivity index (χ0n) is 14.5. The fraction of sp³-hybridized carbons (Fsp3) is 0.167. The summed E-state index contributed by atoms with van der Waals surface area (Å²) in [4.78, 5) is 28.4. The minimum atomic E-state index is -3.59. The van der Waals surface area contributed by atoms with Gasteiger partial charge < -0.3 is 10.6 Å². The molecule has 0 saturated carbocycles. The molecule has 1 aromatic carbocycles. The number of rotatable bonds is 6. The van der Waals surface area contributed by atoms with Gasteiger partial charge in [0.05, 0.1) is 5.52 Å². The first-order valence-electron chi connectivity index (χ1n) is 8.16. The standard InChI is InChI=1S/C18H18N4O4S/c1-27(25,26)18-21-15(14-9-5-6-12-22(14)18)17(24)20-11-10-19-16(23)13-7-3-2-4-8-13/h2-9,12H,10-11H2,1H3,(H,19,23)(H,20,24). The molecule has 9 heteroatoms. The van der Waals surface area contributed by atoms with Crippen LogP contribution in [0.1, 0.15) is 20.8 Å². The van der Waals surface area contributed by atoms with Crippen molar-refractivity contribution in [2.24, 2.45) is 0 Å². The van der Waals surface area contributed by atoms with Crippen LogP contribution in [-0.4, -0.2) is 49.0 Å².